The van der Waals surface area contributed by atoms with Crippen molar-refractivity contribution in [2.45, 2.75) is 122 Å². The fraction of sp³-hybridized carbons (Fsp3) is 0.657. The van der Waals surface area contributed by atoms with Crippen molar-refractivity contribution in [3.8, 4) is 0 Å². The van der Waals surface area contributed by atoms with Crippen LogP contribution < -0.4 is 10.4 Å². The highest BCUT2D eigenvalue weighted by molar-refractivity contribution is 6.98. The van der Waals surface area contributed by atoms with E-state index < -0.39 is 19.6 Å². The molecule has 0 radical (unpaired) electrons. The smallest absolute Gasteiger partial charge is 0.258 e. The number of methoxy groups -OCH3 is 1. The van der Waals surface area contributed by atoms with Crippen molar-refractivity contribution in [1.29, 1.82) is 0 Å². The maximum absolute atomic E-state index is 12.7. The van der Waals surface area contributed by atoms with Gasteiger partial charge in [-0.05, 0) is 47.5 Å². The normalized spacial score (nSPS) is 23.3. The minimum atomic E-state index is -3.15. The van der Waals surface area contributed by atoms with Gasteiger partial charge in [-0.25, -0.2) is 0 Å². The molecule has 0 bridgehead atoms. The number of rotatable bonds is 19. The Bertz CT molecular complexity index is 948. The Morgan fingerprint density at radius 1 is 0.714 bits per heavy atom. The van der Waals surface area contributed by atoms with E-state index in [0.29, 0.717) is 26.2 Å². The molecule has 1 aliphatic rings. The van der Waals surface area contributed by atoms with Gasteiger partial charge in [-0.2, -0.15) is 0 Å². The first-order valence-corrected chi connectivity index (χ1v) is 18.1. The second-order valence-electron chi connectivity index (χ2n) is 12.2. The Hall–Kier alpha value is -1.58. The van der Waals surface area contributed by atoms with Gasteiger partial charge >= 0.3 is 0 Å². The fourth-order valence-electron chi connectivity index (χ4n) is 5.95. The van der Waals surface area contributed by atoms with Crippen LogP contribution in [0.5, 0.6) is 0 Å². The van der Waals surface area contributed by atoms with Crippen molar-refractivity contribution in [3.05, 3.63) is 60.7 Å². The first-order chi connectivity index (χ1) is 20.3. The van der Waals surface area contributed by atoms with Gasteiger partial charge in [-0.15, -0.1) is 0 Å². The number of hydrogen-bond acceptors (Lipinski definition) is 6. The summed E-state index contributed by atoms with van der Waals surface area (Å²) >= 11 is 0. The number of hydrogen-bond donors (Lipinski definition) is 1. The SMILES string of the molecule is CCCCOC1[C@H](OCCCC)C(OC)OC(CCC(C)(C)[Si](O)(c2ccccc2)c2ccccc2)[C@@H]1OCCCC. The van der Waals surface area contributed by atoms with Gasteiger partial charge < -0.3 is 28.5 Å². The van der Waals surface area contributed by atoms with Crippen LogP contribution in [0.1, 0.15) is 86.0 Å². The van der Waals surface area contributed by atoms with Crippen LogP contribution in [0.3, 0.4) is 0 Å². The lowest BCUT2D eigenvalue weighted by Gasteiger charge is -2.47. The Balaban J connectivity index is 1.92. The summed E-state index contributed by atoms with van der Waals surface area (Å²) < 4.78 is 32.1. The maximum atomic E-state index is 12.7. The average Bonchev–Trinajstić information content (AvgIpc) is 3.01. The number of ether oxygens (including phenoxy) is 5. The molecule has 6 nitrogen and oxygen atoms in total. The molecule has 2 aromatic carbocycles. The molecule has 1 aliphatic heterocycles. The number of unbranched alkanes of at least 4 members (excludes halogenated alkanes) is 3. The molecular formula is C35H56O6Si. The zero-order valence-electron chi connectivity index (χ0n) is 26.9. The van der Waals surface area contributed by atoms with E-state index in [9.17, 15) is 4.80 Å². The molecule has 2 aromatic rings. The summed E-state index contributed by atoms with van der Waals surface area (Å²) in [4.78, 5) is 12.7. The topological polar surface area (TPSA) is 66.4 Å². The molecule has 7 heteroatoms. The van der Waals surface area contributed by atoms with E-state index in [2.05, 4.69) is 58.9 Å². The van der Waals surface area contributed by atoms with Crippen LogP contribution in [-0.2, 0) is 23.7 Å². The zero-order valence-corrected chi connectivity index (χ0v) is 27.9. The van der Waals surface area contributed by atoms with Crippen LogP contribution in [-0.4, -0.2) is 70.7 Å². The van der Waals surface area contributed by atoms with E-state index in [4.69, 9.17) is 23.7 Å². The third-order valence-electron chi connectivity index (χ3n) is 8.66. The van der Waals surface area contributed by atoms with E-state index >= 15 is 0 Å². The average molecular weight is 601 g/mol. The third-order valence-corrected chi connectivity index (χ3v) is 13.2. The maximum Gasteiger partial charge on any atom is 0.258 e. The Morgan fingerprint density at radius 2 is 1.17 bits per heavy atom. The first-order valence-electron chi connectivity index (χ1n) is 16.2. The Labute approximate surface area is 256 Å². The lowest BCUT2D eigenvalue weighted by atomic mass is 9.92. The minimum absolute atomic E-state index is 0.256. The van der Waals surface area contributed by atoms with Gasteiger partial charge in [0.15, 0.2) is 6.29 Å². The van der Waals surface area contributed by atoms with Crippen molar-refractivity contribution in [3.63, 3.8) is 0 Å². The molecule has 1 saturated heterocycles. The number of benzene rings is 2. The van der Waals surface area contributed by atoms with E-state index in [1.54, 1.807) is 7.11 Å². The van der Waals surface area contributed by atoms with Crippen molar-refractivity contribution in [2.75, 3.05) is 26.9 Å². The molecule has 0 amide bonds. The third kappa shape index (κ3) is 8.75. The van der Waals surface area contributed by atoms with Crippen LogP contribution in [0.4, 0.5) is 0 Å². The van der Waals surface area contributed by atoms with Crippen molar-refractivity contribution < 1.29 is 28.5 Å². The predicted octanol–water partition coefficient (Wildman–Crippen LogP) is 6.23. The van der Waals surface area contributed by atoms with Gasteiger partial charge in [0.2, 0.25) is 0 Å². The Morgan fingerprint density at radius 3 is 1.62 bits per heavy atom. The molecule has 1 fully saturated rings. The van der Waals surface area contributed by atoms with Crippen molar-refractivity contribution in [2.24, 2.45) is 0 Å². The highest BCUT2D eigenvalue weighted by Crippen LogP contribution is 2.42. The second kappa shape index (κ2) is 17.6. The van der Waals surface area contributed by atoms with Gasteiger partial charge in [0.05, 0.1) is 6.10 Å². The monoisotopic (exact) mass is 600 g/mol. The van der Waals surface area contributed by atoms with Crippen LogP contribution in [0.25, 0.3) is 0 Å². The van der Waals surface area contributed by atoms with E-state index in [1.807, 2.05) is 36.4 Å². The van der Waals surface area contributed by atoms with Gasteiger partial charge in [-0.1, -0.05) is 115 Å². The summed E-state index contributed by atoms with van der Waals surface area (Å²) in [6.07, 6.45) is 5.77. The second-order valence-corrected chi connectivity index (χ2v) is 16.1. The molecular weight excluding hydrogens is 544 g/mol. The first kappa shape index (κ1) is 34.9. The quantitative estimate of drug-likeness (QED) is 0.152. The van der Waals surface area contributed by atoms with Crippen LogP contribution in [0.2, 0.25) is 5.04 Å². The van der Waals surface area contributed by atoms with Crippen LogP contribution in [0, 0.1) is 0 Å². The molecule has 0 aliphatic carbocycles. The standard InChI is InChI=1S/C35H56O6Si/c1-7-10-25-38-31-30(41-34(37-6)33(40-27-12-9-3)32(31)39-26-11-8-2)23-24-35(4,5)42(36,28-19-15-13-16-20-28)29-21-17-14-18-22-29/h13-22,30-34,36H,7-12,23-27H2,1-6H3/t30?,31-,32?,33-,34?/m0/s1. The molecule has 0 saturated carbocycles. The summed E-state index contributed by atoms with van der Waals surface area (Å²) in [6.45, 7) is 12.8. The summed E-state index contributed by atoms with van der Waals surface area (Å²) in [7, 11) is -1.47. The molecule has 1 heterocycles. The molecule has 0 aromatic heterocycles. The van der Waals surface area contributed by atoms with Gasteiger partial charge in [0.25, 0.3) is 8.32 Å². The van der Waals surface area contributed by atoms with Gasteiger partial charge in [0, 0.05) is 26.9 Å². The van der Waals surface area contributed by atoms with Crippen molar-refractivity contribution in [1.82, 2.24) is 0 Å². The van der Waals surface area contributed by atoms with Gasteiger partial charge in [0.1, 0.15) is 18.3 Å². The Kier molecular flexibility index (Phi) is 14.7. The molecule has 0 spiro atoms. The molecule has 1 N–H and O–H groups in total. The van der Waals surface area contributed by atoms with Crippen LogP contribution >= 0.6 is 0 Å². The van der Waals surface area contributed by atoms with E-state index in [0.717, 1.165) is 55.3 Å². The molecule has 236 valence electrons. The summed E-state index contributed by atoms with van der Waals surface area (Å²) in [5, 5.41) is 1.63. The molecule has 3 unspecified atom stereocenters. The highest BCUT2D eigenvalue weighted by Gasteiger charge is 2.52. The molecule has 3 rings (SSSR count). The summed E-state index contributed by atoms with van der Waals surface area (Å²) in [6, 6.07) is 20.4. The fourth-order valence-corrected chi connectivity index (χ4v) is 9.70. The van der Waals surface area contributed by atoms with Gasteiger partial charge in [-0.3, -0.25) is 0 Å². The van der Waals surface area contributed by atoms with Crippen molar-refractivity contribution >= 4 is 18.7 Å². The lowest BCUT2D eigenvalue weighted by Crippen LogP contribution is -2.66. The van der Waals surface area contributed by atoms with Crippen LogP contribution in [0.15, 0.2) is 60.7 Å². The predicted molar refractivity (Wildman–Crippen MR) is 173 cm³/mol. The molecule has 5 atom stereocenters. The highest BCUT2D eigenvalue weighted by atomic mass is 28.4. The lowest BCUT2D eigenvalue weighted by molar-refractivity contribution is -0.314. The largest absolute Gasteiger partial charge is 0.424 e. The summed E-state index contributed by atoms with van der Waals surface area (Å²) in [5.74, 6) is 0. The summed E-state index contributed by atoms with van der Waals surface area (Å²) in [5.41, 5.74) is 0. The molecule has 42 heavy (non-hydrogen) atoms. The zero-order chi connectivity index (χ0) is 30.4. The minimum Gasteiger partial charge on any atom is -0.424 e. The van der Waals surface area contributed by atoms with E-state index in [1.165, 1.54) is 0 Å². The van der Waals surface area contributed by atoms with E-state index in [-0.39, 0.29) is 24.4 Å².